The summed E-state index contributed by atoms with van der Waals surface area (Å²) in [5.74, 6) is -0.675. The molecule has 0 saturated heterocycles. The molecule has 0 aliphatic heterocycles. The second-order valence-corrected chi connectivity index (χ2v) is 5.91. The van der Waals surface area contributed by atoms with E-state index in [9.17, 15) is 9.59 Å². The highest BCUT2D eigenvalue weighted by Crippen LogP contribution is 2.32. The second kappa shape index (κ2) is 7.06. The standard InChI is InChI=1S/C16H15Cl2NO4/c1-9(15(20)19(2)3)22-16(21)14-7-6-13(23-14)11-8-10(17)4-5-12(11)18/h4-9H,1-3H3/t9-/m0/s1. The summed E-state index contributed by atoms with van der Waals surface area (Å²) in [6.45, 7) is 1.50. The van der Waals surface area contributed by atoms with Crippen LogP contribution in [0, 0.1) is 0 Å². The summed E-state index contributed by atoms with van der Waals surface area (Å²) in [5.41, 5.74) is 0.565. The van der Waals surface area contributed by atoms with Crippen molar-refractivity contribution in [3.8, 4) is 11.3 Å². The Hall–Kier alpha value is -1.98. The van der Waals surface area contributed by atoms with Crippen molar-refractivity contribution in [1.29, 1.82) is 0 Å². The van der Waals surface area contributed by atoms with E-state index in [1.165, 1.54) is 17.9 Å². The summed E-state index contributed by atoms with van der Waals surface area (Å²) >= 11 is 12.0. The first-order valence-electron chi connectivity index (χ1n) is 6.77. The van der Waals surface area contributed by atoms with E-state index in [0.717, 1.165) is 0 Å². The Morgan fingerprint density at radius 1 is 1.17 bits per heavy atom. The third kappa shape index (κ3) is 4.06. The highest BCUT2D eigenvalue weighted by Gasteiger charge is 2.22. The van der Waals surface area contributed by atoms with Gasteiger partial charge in [0.25, 0.3) is 5.91 Å². The van der Waals surface area contributed by atoms with Crippen LogP contribution in [0.5, 0.6) is 0 Å². The molecule has 1 atom stereocenters. The van der Waals surface area contributed by atoms with Crippen LogP contribution in [0.2, 0.25) is 10.0 Å². The minimum Gasteiger partial charge on any atom is -0.449 e. The molecule has 5 nitrogen and oxygen atoms in total. The zero-order valence-corrected chi connectivity index (χ0v) is 14.3. The van der Waals surface area contributed by atoms with Crippen molar-refractivity contribution in [1.82, 2.24) is 4.90 Å². The molecule has 7 heteroatoms. The lowest BCUT2D eigenvalue weighted by atomic mass is 10.2. The molecule has 23 heavy (non-hydrogen) atoms. The fraction of sp³-hybridized carbons (Fsp3) is 0.250. The fourth-order valence-corrected chi connectivity index (χ4v) is 2.29. The van der Waals surface area contributed by atoms with Gasteiger partial charge in [-0.1, -0.05) is 23.2 Å². The van der Waals surface area contributed by atoms with E-state index in [1.54, 1.807) is 38.4 Å². The van der Waals surface area contributed by atoms with Crippen LogP contribution in [0.1, 0.15) is 17.5 Å². The third-order valence-corrected chi connectivity index (χ3v) is 3.64. The van der Waals surface area contributed by atoms with Crippen LogP contribution in [-0.4, -0.2) is 37.0 Å². The van der Waals surface area contributed by atoms with Crippen LogP contribution in [-0.2, 0) is 9.53 Å². The van der Waals surface area contributed by atoms with E-state index in [1.807, 2.05) is 0 Å². The maximum atomic E-state index is 12.0. The van der Waals surface area contributed by atoms with Crippen molar-refractivity contribution in [2.75, 3.05) is 14.1 Å². The molecule has 0 N–H and O–H groups in total. The fourth-order valence-electron chi connectivity index (χ4n) is 1.91. The van der Waals surface area contributed by atoms with Crippen LogP contribution in [0.3, 0.4) is 0 Å². The number of nitrogens with zero attached hydrogens (tertiary/aromatic N) is 1. The van der Waals surface area contributed by atoms with Crippen LogP contribution >= 0.6 is 23.2 Å². The Labute approximate surface area is 143 Å². The molecule has 0 fully saturated rings. The number of rotatable bonds is 4. The Bertz CT molecular complexity index is 739. The molecule has 2 rings (SSSR count). The molecular weight excluding hydrogens is 341 g/mol. The number of esters is 1. The van der Waals surface area contributed by atoms with E-state index >= 15 is 0 Å². The third-order valence-electron chi connectivity index (χ3n) is 3.07. The molecule has 0 bridgehead atoms. The maximum absolute atomic E-state index is 12.0. The van der Waals surface area contributed by atoms with Crippen molar-refractivity contribution >= 4 is 35.1 Å². The van der Waals surface area contributed by atoms with E-state index in [4.69, 9.17) is 32.4 Å². The summed E-state index contributed by atoms with van der Waals surface area (Å²) in [6, 6.07) is 7.97. The average molecular weight is 356 g/mol. The summed E-state index contributed by atoms with van der Waals surface area (Å²) in [4.78, 5) is 25.1. The Morgan fingerprint density at radius 2 is 1.87 bits per heavy atom. The quantitative estimate of drug-likeness (QED) is 0.780. The number of likely N-dealkylation sites (N-methyl/N-ethyl adjacent to an activating group) is 1. The Balaban J connectivity index is 2.17. The van der Waals surface area contributed by atoms with Crippen LogP contribution < -0.4 is 0 Å². The normalized spacial score (nSPS) is 11.9. The lowest BCUT2D eigenvalue weighted by molar-refractivity contribution is -0.137. The van der Waals surface area contributed by atoms with Crippen molar-refractivity contribution in [3.05, 3.63) is 46.1 Å². The molecule has 0 saturated carbocycles. The minimum absolute atomic E-state index is 0.0190. The first kappa shape index (κ1) is 17.4. The summed E-state index contributed by atoms with van der Waals surface area (Å²) in [5, 5.41) is 0.940. The summed E-state index contributed by atoms with van der Waals surface area (Å²) in [6.07, 6.45) is -0.902. The monoisotopic (exact) mass is 355 g/mol. The van der Waals surface area contributed by atoms with Crippen molar-refractivity contribution in [2.24, 2.45) is 0 Å². The molecule has 1 heterocycles. The number of benzene rings is 1. The topological polar surface area (TPSA) is 59.8 Å². The SMILES string of the molecule is C[C@H](OC(=O)c1ccc(-c2cc(Cl)ccc2Cl)o1)C(=O)N(C)C. The lowest BCUT2D eigenvalue weighted by Gasteiger charge is -2.16. The van der Waals surface area contributed by atoms with Gasteiger partial charge < -0.3 is 14.1 Å². The van der Waals surface area contributed by atoms with Gasteiger partial charge in [0, 0.05) is 24.7 Å². The number of carbonyl (C=O) groups excluding carboxylic acids is 2. The van der Waals surface area contributed by atoms with Gasteiger partial charge in [0.2, 0.25) is 5.76 Å². The zero-order valence-electron chi connectivity index (χ0n) is 12.8. The molecular formula is C16H15Cl2NO4. The first-order valence-corrected chi connectivity index (χ1v) is 7.52. The van der Waals surface area contributed by atoms with Crippen molar-refractivity contribution in [2.45, 2.75) is 13.0 Å². The molecule has 0 aliphatic carbocycles. The molecule has 0 spiro atoms. The summed E-state index contributed by atoms with van der Waals surface area (Å²) in [7, 11) is 3.16. The highest BCUT2D eigenvalue weighted by atomic mass is 35.5. The van der Waals surface area contributed by atoms with E-state index in [0.29, 0.717) is 21.4 Å². The van der Waals surface area contributed by atoms with Crippen molar-refractivity contribution < 1.29 is 18.7 Å². The minimum atomic E-state index is -0.902. The molecule has 122 valence electrons. The zero-order chi connectivity index (χ0) is 17.1. The van der Waals surface area contributed by atoms with Crippen LogP contribution in [0.15, 0.2) is 34.7 Å². The Kier molecular flexibility index (Phi) is 5.34. The van der Waals surface area contributed by atoms with Gasteiger partial charge >= 0.3 is 5.97 Å². The van der Waals surface area contributed by atoms with Gasteiger partial charge in [-0.25, -0.2) is 4.79 Å². The molecule has 0 radical (unpaired) electrons. The smallest absolute Gasteiger partial charge is 0.375 e. The number of furan rings is 1. The predicted molar refractivity (Wildman–Crippen MR) is 87.7 cm³/mol. The van der Waals surface area contributed by atoms with Gasteiger partial charge in [-0.2, -0.15) is 0 Å². The molecule has 0 unspecified atom stereocenters. The Morgan fingerprint density at radius 3 is 2.52 bits per heavy atom. The number of carbonyl (C=O) groups is 2. The number of hydrogen-bond donors (Lipinski definition) is 0. The first-order chi connectivity index (χ1) is 10.8. The van der Waals surface area contributed by atoms with E-state index < -0.39 is 12.1 Å². The van der Waals surface area contributed by atoms with Gasteiger partial charge in [-0.05, 0) is 37.3 Å². The molecule has 1 aromatic heterocycles. The number of ether oxygens (including phenoxy) is 1. The van der Waals surface area contributed by atoms with Crippen molar-refractivity contribution in [3.63, 3.8) is 0 Å². The average Bonchev–Trinajstić information content (AvgIpc) is 2.98. The van der Waals surface area contributed by atoms with Gasteiger partial charge in [0.1, 0.15) is 5.76 Å². The summed E-state index contributed by atoms with van der Waals surface area (Å²) < 4.78 is 10.5. The van der Waals surface area contributed by atoms with Crippen LogP contribution in [0.25, 0.3) is 11.3 Å². The second-order valence-electron chi connectivity index (χ2n) is 5.07. The maximum Gasteiger partial charge on any atom is 0.375 e. The van der Waals surface area contributed by atoms with E-state index in [2.05, 4.69) is 0 Å². The van der Waals surface area contributed by atoms with Gasteiger partial charge in [0.15, 0.2) is 6.10 Å². The number of amides is 1. The van der Waals surface area contributed by atoms with E-state index in [-0.39, 0.29) is 11.7 Å². The number of hydrogen-bond acceptors (Lipinski definition) is 4. The molecule has 0 aliphatic rings. The molecule has 2 aromatic rings. The van der Waals surface area contributed by atoms with Crippen LogP contribution in [0.4, 0.5) is 0 Å². The highest BCUT2D eigenvalue weighted by molar-refractivity contribution is 6.35. The lowest BCUT2D eigenvalue weighted by Crippen LogP contribution is -2.34. The van der Waals surface area contributed by atoms with Gasteiger partial charge in [-0.15, -0.1) is 0 Å². The number of halogens is 2. The molecule has 1 aromatic carbocycles. The molecule has 1 amide bonds. The van der Waals surface area contributed by atoms with Gasteiger partial charge in [-0.3, -0.25) is 4.79 Å². The largest absolute Gasteiger partial charge is 0.449 e. The predicted octanol–water partition coefficient (Wildman–Crippen LogP) is 3.89. The van der Waals surface area contributed by atoms with Gasteiger partial charge in [0.05, 0.1) is 5.02 Å².